The number of hydrogen-bond donors (Lipinski definition) is 2. The summed E-state index contributed by atoms with van der Waals surface area (Å²) < 4.78 is 0. The number of carbonyl (C=O) groups excluding carboxylic acids is 1. The minimum atomic E-state index is -0.0842. The van der Waals surface area contributed by atoms with Crippen LogP contribution in [0.15, 0.2) is 82.6 Å². The van der Waals surface area contributed by atoms with Crippen LogP contribution in [0.3, 0.4) is 0 Å². The van der Waals surface area contributed by atoms with Gasteiger partial charge >= 0.3 is 0 Å². The molecule has 0 bridgehead atoms. The van der Waals surface area contributed by atoms with Crippen LogP contribution in [0, 0.1) is 0 Å². The fraction of sp³-hybridized carbons (Fsp3) is 0.0435. The smallest absolute Gasteiger partial charge is 0.252 e. The number of benzene rings is 3. The lowest BCUT2D eigenvalue weighted by Gasteiger charge is -2.08. The molecule has 4 rings (SSSR count). The van der Waals surface area contributed by atoms with Crippen molar-refractivity contribution in [3.05, 3.63) is 89.6 Å². The van der Waals surface area contributed by atoms with Crippen molar-refractivity contribution in [2.45, 2.75) is 9.79 Å². The van der Waals surface area contributed by atoms with Crippen LogP contribution in [-0.4, -0.2) is 23.2 Å². The highest BCUT2D eigenvalue weighted by Crippen LogP contribution is 2.32. The molecule has 5 heteroatoms. The minimum absolute atomic E-state index is 0.0842. The maximum absolute atomic E-state index is 12.1. The molecule has 1 aromatic heterocycles. The van der Waals surface area contributed by atoms with Gasteiger partial charge in [0.2, 0.25) is 0 Å². The van der Waals surface area contributed by atoms with Crippen LogP contribution in [0.1, 0.15) is 21.6 Å². The van der Waals surface area contributed by atoms with Gasteiger partial charge in [0.1, 0.15) is 0 Å². The third kappa shape index (κ3) is 3.85. The second-order valence-electron chi connectivity index (χ2n) is 6.24. The van der Waals surface area contributed by atoms with Gasteiger partial charge in [-0.1, -0.05) is 60.3 Å². The quantitative estimate of drug-likeness (QED) is 0.494. The third-order valence-electron chi connectivity index (χ3n) is 4.38. The number of aromatic amines is 1. The summed E-state index contributed by atoms with van der Waals surface area (Å²) in [5.41, 5.74) is 3.68. The van der Waals surface area contributed by atoms with Crippen molar-refractivity contribution in [1.29, 1.82) is 0 Å². The van der Waals surface area contributed by atoms with E-state index in [-0.39, 0.29) is 5.91 Å². The molecule has 4 aromatic rings. The molecule has 0 radical (unpaired) electrons. The molecule has 0 aliphatic heterocycles. The third-order valence-corrected chi connectivity index (χ3v) is 5.45. The second kappa shape index (κ2) is 8.15. The van der Waals surface area contributed by atoms with Gasteiger partial charge < -0.3 is 5.32 Å². The largest absolute Gasteiger partial charge is 0.355 e. The first-order valence-electron chi connectivity index (χ1n) is 8.95. The fourth-order valence-electron chi connectivity index (χ4n) is 2.95. The van der Waals surface area contributed by atoms with Crippen LogP contribution in [0.2, 0.25) is 0 Å². The predicted octanol–water partition coefficient (Wildman–Crippen LogP) is 5.24. The van der Waals surface area contributed by atoms with Gasteiger partial charge in [-0.3, -0.25) is 9.89 Å². The molecule has 4 nitrogen and oxygen atoms in total. The van der Waals surface area contributed by atoms with E-state index < -0.39 is 0 Å². The summed E-state index contributed by atoms with van der Waals surface area (Å²) in [5.74, 6) is -0.0842. The van der Waals surface area contributed by atoms with E-state index in [1.807, 2.05) is 48.5 Å². The molecule has 2 N–H and O–H groups in total. The summed E-state index contributed by atoms with van der Waals surface area (Å²) in [4.78, 5) is 14.0. The Morgan fingerprint density at radius 2 is 1.79 bits per heavy atom. The molecule has 1 amide bonds. The molecule has 0 unspecified atom stereocenters. The van der Waals surface area contributed by atoms with Gasteiger partial charge in [0.25, 0.3) is 5.91 Å². The first kappa shape index (κ1) is 18.1. The molecule has 28 heavy (non-hydrogen) atoms. The number of nitrogens with one attached hydrogen (secondary N) is 2. The Balaban J connectivity index is 1.60. The van der Waals surface area contributed by atoms with Gasteiger partial charge in [-0.15, -0.1) is 0 Å². The highest BCUT2D eigenvalue weighted by molar-refractivity contribution is 7.99. The van der Waals surface area contributed by atoms with Gasteiger partial charge in [0.05, 0.1) is 16.8 Å². The molecule has 0 atom stereocenters. The number of rotatable bonds is 5. The zero-order valence-corrected chi connectivity index (χ0v) is 16.2. The van der Waals surface area contributed by atoms with Crippen molar-refractivity contribution in [2.75, 3.05) is 7.05 Å². The predicted molar refractivity (Wildman–Crippen MR) is 115 cm³/mol. The molecule has 138 valence electrons. The summed E-state index contributed by atoms with van der Waals surface area (Å²) in [6, 6.07) is 23.9. The van der Waals surface area contributed by atoms with Crippen molar-refractivity contribution >= 4 is 40.7 Å². The van der Waals surface area contributed by atoms with Crippen molar-refractivity contribution in [3.63, 3.8) is 0 Å². The summed E-state index contributed by atoms with van der Waals surface area (Å²) >= 11 is 1.57. The maximum atomic E-state index is 12.1. The standard InChI is InChI=1S/C23H19N3OS/c1-24-23(27)19-9-5-6-10-22(19)28-17-12-13-18-20(25-26-21(18)15-17)14-11-16-7-3-2-4-8-16/h2-15H,1H3,(H,24,27)(H,25,26). The van der Waals surface area contributed by atoms with Crippen LogP contribution >= 0.6 is 11.8 Å². The van der Waals surface area contributed by atoms with Crippen molar-refractivity contribution in [1.82, 2.24) is 15.5 Å². The SMILES string of the molecule is CNC(=O)c1ccccc1Sc1ccc2c(C=Cc3ccccc3)n[nH]c2c1. The topological polar surface area (TPSA) is 57.8 Å². The fourth-order valence-corrected chi connectivity index (χ4v) is 3.94. The first-order chi connectivity index (χ1) is 13.7. The molecule has 0 spiro atoms. The maximum Gasteiger partial charge on any atom is 0.252 e. The molecule has 0 aliphatic carbocycles. The average Bonchev–Trinajstić information content (AvgIpc) is 3.15. The van der Waals surface area contributed by atoms with Crippen molar-refractivity contribution in [2.24, 2.45) is 0 Å². The zero-order valence-electron chi connectivity index (χ0n) is 15.3. The summed E-state index contributed by atoms with van der Waals surface area (Å²) in [6.07, 6.45) is 4.07. The highest BCUT2D eigenvalue weighted by Gasteiger charge is 2.11. The summed E-state index contributed by atoms with van der Waals surface area (Å²) in [7, 11) is 1.64. The highest BCUT2D eigenvalue weighted by atomic mass is 32.2. The normalized spacial score (nSPS) is 11.2. The molecule has 3 aromatic carbocycles. The van der Waals surface area contributed by atoms with Gasteiger partial charge in [-0.05, 0) is 42.0 Å². The molecule has 0 fully saturated rings. The molecule has 0 saturated carbocycles. The number of aromatic nitrogens is 2. The van der Waals surface area contributed by atoms with E-state index in [0.29, 0.717) is 5.56 Å². The second-order valence-corrected chi connectivity index (χ2v) is 7.35. The van der Waals surface area contributed by atoms with E-state index in [1.54, 1.807) is 18.8 Å². The number of fused-ring (bicyclic) bond motifs is 1. The molecular weight excluding hydrogens is 366 g/mol. The van der Waals surface area contributed by atoms with Crippen LogP contribution in [0.5, 0.6) is 0 Å². The number of H-pyrrole nitrogens is 1. The monoisotopic (exact) mass is 385 g/mol. The van der Waals surface area contributed by atoms with Crippen LogP contribution in [-0.2, 0) is 0 Å². The van der Waals surface area contributed by atoms with Gasteiger partial charge in [-0.25, -0.2) is 0 Å². The minimum Gasteiger partial charge on any atom is -0.355 e. The van der Waals surface area contributed by atoms with Crippen LogP contribution < -0.4 is 5.32 Å². The molecular formula is C23H19N3OS. The number of nitrogens with zero attached hydrogens (tertiary/aromatic N) is 1. The summed E-state index contributed by atoms with van der Waals surface area (Å²) in [6.45, 7) is 0. The molecule has 0 saturated heterocycles. The van der Waals surface area contributed by atoms with E-state index in [1.165, 1.54) is 0 Å². The van der Waals surface area contributed by atoms with Crippen molar-refractivity contribution in [3.8, 4) is 0 Å². The number of carbonyl (C=O) groups is 1. The van der Waals surface area contributed by atoms with E-state index in [0.717, 1.165) is 32.0 Å². The van der Waals surface area contributed by atoms with Gasteiger partial charge in [0, 0.05) is 22.2 Å². The lowest BCUT2D eigenvalue weighted by molar-refractivity contribution is 0.0960. The van der Waals surface area contributed by atoms with E-state index >= 15 is 0 Å². The Bertz CT molecular complexity index is 1150. The Morgan fingerprint density at radius 3 is 2.61 bits per heavy atom. The van der Waals surface area contributed by atoms with E-state index in [4.69, 9.17) is 0 Å². The molecule has 1 heterocycles. The van der Waals surface area contributed by atoms with Crippen LogP contribution in [0.25, 0.3) is 23.1 Å². The number of hydrogen-bond acceptors (Lipinski definition) is 3. The summed E-state index contributed by atoms with van der Waals surface area (Å²) in [5, 5.41) is 11.3. The zero-order chi connectivity index (χ0) is 19.3. The Morgan fingerprint density at radius 1 is 1.00 bits per heavy atom. The Kier molecular flexibility index (Phi) is 5.26. The van der Waals surface area contributed by atoms with E-state index in [9.17, 15) is 4.79 Å². The average molecular weight is 385 g/mol. The van der Waals surface area contributed by atoms with Gasteiger partial charge in [-0.2, -0.15) is 5.10 Å². The van der Waals surface area contributed by atoms with Gasteiger partial charge in [0.15, 0.2) is 0 Å². The first-order valence-corrected chi connectivity index (χ1v) is 9.76. The lowest BCUT2D eigenvalue weighted by Crippen LogP contribution is -2.18. The Labute approximate surface area is 167 Å². The lowest BCUT2D eigenvalue weighted by atomic mass is 10.1. The Hall–Kier alpha value is -3.31. The van der Waals surface area contributed by atoms with E-state index in [2.05, 4.69) is 51.9 Å². The molecule has 0 aliphatic rings. The number of amides is 1. The van der Waals surface area contributed by atoms with Crippen LogP contribution in [0.4, 0.5) is 0 Å². The van der Waals surface area contributed by atoms with Crippen molar-refractivity contribution < 1.29 is 4.79 Å².